The third kappa shape index (κ3) is 3.74. The number of oxime groups is 1. The molecule has 0 saturated heterocycles. The third-order valence-electron chi connectivity index (χ3n) is 4.12. The summed E-state index contributed by atoms with van der Waals surface area (Å²) in [5, 5.41) is 14.8. The van der Waals surface area contributed by atoms with Crippen molar-refractivity contribution in [1.82, 2.24) is 5.32 Å². The number of hydrogen-bond acceptors (Lipinski definition) is 3. The Morgan fingerprint density at radius 3 is 2.14 bits per heavy atom. The second kappa shape index (κ2) is 7.67. The summed E-state index contributed by atoms with van der Waals surface area (Å²) in [7, 11) is 0. The Morgan fingerprint density at radius 1 is 1.19 bits per heavy atom. The van der Waals surface area contributed by atoms with Crippen LogP contribution >= 0.6 is 0 Å². The van der Waals surface area contributed by atoms with Gasteiger partial charge in [-0.25, -0.2) is 0 Å². The fraction of sp³-hybridized carbons (Fsp3) is 0.500. The van der Waals surface area contributed by atoms with Crippen molar-refractivity contribution in [2.45, 2.75) is 46.6 Å². The molecule has 5 nitrogen and oxygen atoms in total. The lowest BCUT2D eigenvalue weighted by Crippen LogP contribution is -2.49. The van der Waals surface area contributed by atoms with Crippen molar-refractivity contribution in [3.8, 4) is 0 Å². The van der Waals surface area contributed by atoms with Crippen molar-refractivity contribution in [3.05, 3.63) is 35.4 Å². The summed E-state index contributed by atoms with van der Waals surface area (Å²) >= 11 is 0. The number of nitrogens with two attached hydrogens (primary N) is 1. The van der Waals surface area contributed by atoms with E-state index in [1.165, 1.54) is 5.56 Å². The van der Waals surface area contributed by atoms with Gasteiger partial charge in [-0.3, -0.25) is 4.79 Å². The zero-order valence-corrected chi connectivity index (χ0v) is 13.0. The number of nitrogens with one attached hydrogen (secondary N) is 1. The minimum atomic E-state index is -0.946. The average Bonchev–Trinajstić information content (AvgIpc) is 2.54. The predicted molar refractivity (Wildman–Crippen MR) is 84.1 cm³/mol. The summed E-state index contributed by atoms with van der Waals surface area (Å²) in [5.74, 6) is -0.242. The molecule has 21 heavy (non-hydrogen) atoms. The quantitative estimate of drug-likeness (QED) is 0.312. The van der Waals surface area contributed by atoms with Gasteiger partial charge in [0.25, 0.3) is 0 Å². The van der Waals surface area contributed by atoms with Crippen molar-refractivity contribution in [3.63, 3.8) is 0 Å². The van der Waals surface area contributed by atoms with Gasteiger partial charge in [0, 0.05) is 6.54 Å². The van der Waals surface area contributed by atoms with E-state index in [4.69, 9.17) is 10.9 Å². The van der Waals surface area contributed by atoms with E-state index in [2.05, 4.69) is 29.5 Å². The number of amides is 1. The van der Waals surface area contributed by atoms with Crippen LogP contribution in [0.15, 0.2) is 29.4 Å². The summed E-state index contributed by atoms with van der Waals surface area (Å²) in [6.07, 6.45) is 1.96. The molecule has 0 unspecified atom stereocenters. The molecule has 0 atom stereocenters. The summed E-state index contributed by atoms with van der Waals surface area (Å²) in [6, 6.07) is 8.11. The van der Waals surface area contributed by atoms with Crippen LogP contribution in [0.1, 0.15) is 44.7 Å². The summed E-state index contributed by atoms with van der Waals surface area (Å²) in [6.45, 7) is 6.25. The van der Waals surface area contributed by atoms with Crippen molar-refractivity contribution < 1.29 is 10.0 Å². The van der Waals surface area contributed by atoms with Crippen LogP contribution in [0.25, 0.3) is 0 Å². The van der Waals surface area contributed by atoms with Crippen LogP contribution in [-0.4, -0.2) is 17.0 Å². The summed E-state index contributed by atoms with van der Waals surface area (Å²) in [5.41, 5.74) is 7.06. The molecular weight excluding hydrogens is 266 g/mol. The van der Waals surface area contributed by atoms with Gasteiger partial charge in [0.2, 0.25) is 5.91 Å². The number of nitrogens with zero attached hydrogens (tertiary/aromatic N) is 1. The molecule has 0 aromatic heterocycles. The first-order valence-corrected chi connectivity index (χ1v) is 7.38. The number of carbonyl (C=O) groups is 1. The summed E-state index contributed by atoms with van der Waals surface area (Å²) < 4.78 is 0. The van der Waals surface area contributed by atoms with Crippen molar-refractivity contribution >= 4 is 11.7 Å². The third-order valence-corrected chi connectivity index (χ3v) is 4.12. The molecular formula is C16H25N3O2. The zero-order valence-electron chi connectivity index (χ0n) is 13.0. The molecule has 0 spiro atoms. The van der Waals surface area contributed by atoms with Crippen molar-refractivity contribution in [1.29, 1.82) is 0 Å². The molecule has 4 N–H and O–H groups in total. The van der Waals surface area contributed by atoms with Crippen LogP contribution in [-0.2, 0) is 17.8 Å². The first kappa shape index (κ1) is 17.0. The first-order valence-electron chi connectivity index (χ1n) is 7.38. The van der Waals surface area contributed by atoms with Gasteiger partial charge in [-0.2, -0.15) is 0 Å². The fourth-order valence-electron chi connectivity index (χ4n) is 2.39. The van der Waals surface area contributed by atoms with Gasteiger partial charge in [-0.1, -0.05) is 50.2 Å². The number of rotatable bonds is 7. The van der Waals surface area contributed by atoms with E-state index >= 15 is 0 Å². The number of hydrogen-bond donors (Lipinski definition) is 3. The highest BCUT2D eigenvalue weighted by molar-refractivity contribution is 6.06. The number of carbonyl (C=O) groups excluding carboxylic acids is 1. The Morgan fingerprint density at radius 2 is 1.71 bits per heavy atom. The number of benzene rings is 1. The Labute approximate surface area is 126 Å². The maximum atomic E-state index is 12.4. The Bertz CT molecular complexity index is 491. The van der Waals surface area contributed by atoms with Crippen molar-refractivity contribution in [2.75, 3.05) is 0 Å². The van der Waals surface area contributed by atoms with E-state index in [9.17, 15) is 4.79 Å². The smallest absolute Gasteiger partial charge is 0.234 e. The Balaban J connectivity index is 2.78. The second-order valence-electron chi connectivity index (χ2n) is 5.13. The Kier molecular flexibility index (Phi) is 6.21. The highest BCUT2D eigenvalue weighted by Crippen LogP contribution is 2.27. The monoisotopic (exact) mass is 291 g/mol. The lowest BCUT2D eigenvalue weighted by atomic mass is 9.80. The van der Waals surface area contributed by atoms with Gasteiger partial charge >= 0.3 is 0 Å². The molecule has 0 heterocycles. The lowest BCUT2D eigenvalue weighted by Gasteiger charge is -2.28. The molecule has 0 radical (unpaired) electrons. The highest BCUT2D eigenvalue weighted by Gasteiger charge is 2.39. The maximum absolute atomic E-state index is 12.4. The molecule has 0 fully saturated rings. The minimum absolute atomic E-state index is 0.0358. The van der Waals surface area contributed by atoms with E-state index in [1.807, 2.05) is 26.0 Å². The summed E-state index contributed by atoms with van der Waals surface area (Å²) in [4.78, 5) is 12.4. The molecule has 0 aliphatic carbocycles. The minimum Gasteiger partial charge on any atom is -0.409 e. The van der Waals surface area contributed by atoms with E-state index in [0.29, 0.717) is 19.4 Å². The molecule has 0 aliphatic rings. The molecule has 0 saturated carbocycles. The molecule has 0 bridgehead atoms. The van der Waals surface area contributed by atoms with E-state index in [1.54, 1.807) is 0 Å². The van der Waals surface area contributed by atoms with Crippen LogP contribution in [0.5, 0.6) is 0 Å². The van der Waals surface area contributed by atoms with Crippen LogP contribution in [0.2, 0.25) is 0 Å². The molecule has 1 amide bonds. The Hall–Kier alpha value is -2.04. The normalized spacial score (nSPS) is 12.2. The SMILES string of the molecule is CCc1ccc(CNC(=O)C(CC)(CC)/C(N)=N/O)cc1. The van der Waals surface area contributed by atoms with E-state index in [0.717, 1.165) is 12.0 Å². The molecule has 1 aromatic carbocycles. The van der Waals surface area contributed by atoms with Crippen molar-refractivity contribution in [2.24, 2.45) is 16.3 Å². The second-order valence-corrected chi connectivity index (χ2v) is 5.13. The topological polar surface area (TPSA) is 87.7 Å². The van der Waals surface area contributed by atoms with Gasteiger partial charge in [-0.15, -0.1) is 0 Å². The molecule has 1 rings (SSSR count). The van der Waals surface area contributed by atoms with Gasteiger partial charge in [-0.05, 0) is 30.4 Å². The van der Waals surface area contributed by atoms with E-state index < -0.39 is 5.41 Å². The van der Waals surface area contributed by atoms with E-state index in [-0.39, 0.29) is 11.7 Å². The number of amidine groups is 1. The van der Waals surface area contributed by atoms with Crippen LogP contribution in [0.4, 0.5) is 0 Å². The molecule has 0 aliphatic heterocycles. The van der Waals surface area contributed by atoms with Gasteiger partial charge in [0.05, 0.1) is 0 Å². The van der Waals surface area contributed by atoms with Crippen LogP contribution in [0, 0.1) is 5.41 Å². The van der Waals surface area contributed by atoms with Gasteiger partial charge in [0.1, 0.15) is 5.41 Å². The molecule has 116 valence electrons. The predicted octanol–water partition coefficient (Wildman–Crippen LogP) is 2.42. The van der Waals surface area contributed by atoms with Gasteiger partial charge < -0.3 is 16.3 Å². The fourth-order valence-corrected chi connectivity index (χ4v) is 2.39. The molecule has 1 aromatic rings. The van der Waals surface area contributed by atoms with Gasteiger partial charge in [0.15, 0.2) is 5.84 Å². The lowest BCUT2D eigenvalue weighted by molar-refractivity contribution is -0.128. The average molecular weight is 291 g/mol. The highest BCUT2D eigenvalue weighted by atomic mass is 16.4. The standard InChI is InChI=1S/C16H25N3O2/c1-4-12-7-9-13(10-8-12)11-18-15(20)16(5-2,6-3)14(17)19-21/h7-10,21H,4-6,11H2,1-3H3,(H2,17,19)(H,18,20). The van der Waals surface area contributed by atoms with Crippen LogP contribution < -0.4 is 11.1 Å². The maximum Gasteiger partial charge on any atom is 0.234 e. The molecule has 5 heteroatoms. The zero-order chi connectivity index (χ0) is 15.9. The first-order chi connectivity index (χ1) is 10.0. The number of aryl methyl sites for hydroxylation is 1. The van der Waals surface area contributed by atoms with Crippen LogP contribution in [0.3, 0.4) is 0 Å². The largest absolute Gasteiger partial charge is 0.409 e.